The maximum absolute atomic E-state index is 12.3. The van der Waals surface area contributed by atoms with E-state index >= 15 is 0 Å². The largest absolute Gasteiger partial charge is 0.316 e. The Morgan fingerprint density at radius 3 is 2.89 bits per heavy atom. The quantitative estimate of drug-likeness (QED) is 0.843. The summed E-state index contributed by atoms with van der Waals surface area (Å²) in [5.41, 5.74) is 0. The van der Waals surface area contributed by atoms with Crippen molar-refractivity contribution in [2.45, 2.75) is 24.4 Å². The third-order valence-electron chi connectivity index (χ3n) is 3.19. The number of nitrogens with zero attached hydrogens (tertiary/aromatic N) is 2. The first-order valence-electron chi connectivity index (χ1n) is 5.82. The highest BCUT2D eigenvalue weighted by Crippen LogP contribution is 2.21. The van der Waals surface area contributed by atoms with Crippen molar-refractivity contribution in [1.82, 2.24) is 19.8 Å². The zero-order valence-corrected chi connectivity index (χ0v) is 11.9. The van der Waals surface area contributed by atoms with Gasteiger partial charge in [-0.1, -0.05) is 18.5 Å². The van der Waals surface area contributed by atoms with Crippen molar-refractivity contribution in [3.63, 3.8) is 0 Å². The van der Waals surface area contributed by atoms with E-state index < -0.39 is 10.0 Å². The number of rotatable bonds is 3. The molecule has 0 aromatic carbocycles. The number of nitrogens with one attached hydrogen (secondary N) is 2. The van der Waals surface area contributed by atoms with Gasteiger partial charge in [-0.05, 0) is 25.4 Å². The molecule has 1 aliphatic heterocycles. The summed E-state index contributed by atoms with van der Waals surface area (Å²) in [7, 11) is -2.06. The van der Waals surface area contributed by atoms with Crippen LogP contribution in [0, 0.1) is 5.92 Å². The van der Waals surface area contributed by atoms with Gasteiger partial charge in [-0.2, -0.15) is 5.10 Å². The minimum atomic E-state index is -3.62. The van der Waals surface area contributed by atoms with Gasteiger partial charge in [0.15, 0.2) is 5.03 Å². The van der Waals surface area contributed by atoms with E-state index in [1.807, 2.05) is 6.92 Å². The van der Waals surface area contributed by atoms with E-state index in [4.69, 9.17) is 11.6 Å². The summed E-state index contributed by atoms with van der Waals surface area (Å²) in [5.74, 6) is 0.250. The minimum Gasteiger partial charge on any atom is -0.316 e. The molecule has 18 heavy (non-hydrogen) atoms. The molecule has 2 unspecified atom stereocenters. The highest BCUT2D eigenvalue weighted by molar-refractivity contribution is 7.89. The second-order valence-electron chi connectivity index (χ2n) is 4.62. The fraction of sp³-hybridized carbons (Fsp3) is 0.700. The van der Waals surface area contributed by atoms with Crippen LogP contribution in [0.2, 0.25) is 5.02 Å². The van der Waals surface area contributed by atoms with Crippen molar-refractivity contribution < 1.29 is 8.42 Å². The molecule has 1 aromatic heterocycles. The van der Waals surface area contributed by atoms with Crippen LogP contribution in [0.15, 0.2) is 11.2 Å². The SMILES string of the molecule is CC1CNCCC1NS(=O)(=O)c1c(Cl)cnn1C. The molecule has 102 valence electrons. The molecule has 2 atom stereocenters. The Morgan fingerprint density at radius 1 is 1.61 bits per heavy atom. The Bertz CT molecular complexity index is 508. The first kappa shape index (κ1) is 13.8. The van der Waals surface area contributed by atoms with Gasteiger partial charge in [0.2, 0.25) is 0 Å². The van der Waals surface area contributed by atoms with Gasteiger partial charge >= 0.3 is 0 Å². The van der Waals surface area contributed by atoms with Crippen LogP contribution < -0.4 is 10.0 Å². The van der Waals surface area contributed by atoms with Crippen molar-refractivity contribution in [2.24, 2.45) is 13.0 Å². The molecule has 1 aliphatic rings. The van der Waals surface area contributed by atoms with Gasteiger partial charge in [0.25, 0.3) is 10.0 Å². The normalized spacial score (nSPS) is 25.3. The third kappa shape index (κ3) is 2.69. The lowest BCUT2D eigenvalue weighted by Gasteiger charge is -2.29. The topological polar surface area (TPSA) is 76.0 Å². The van der Waals surface area contributed by atoms with Gasteiger partial charge in [0.05, 0.1) is 11.2 Å². The Labute approximate surface area is 112 Å². The van der Waals surface area contributed by atoms with Crippen LogP contribution in [0.4, 0.5) is 0 Å². The molecule has 6 nitrogen and oxygen atoms in total. The van der Waals surface area contributed by atoms with Crippen LogP contribution in [0.1, 0.15) is 13.3 Å². The molecule has 1 aromatic rings. The van der Waals surface area contributed by atoms with Crippen LogP contribution in [0.5, 0.6) is 0 Å². The molecule has 0 aliphatic carbocycles. The Kier molecular flexibility index (Phi) is 3.96. The van der Waals surface area contributed by atoms with Crippen LogP contribution in [-0.2, 0) is 17.1 Å². The fourth-order valence-corrected chi connectivity index (χ4v) is 4.18. The molecular weight excluding hydrogens is 276 g/mol. The summed E-state index contributed by atoms with van der Waals surface area (Å²) in [6.07, 6.45) is 2.11. The average molecular weight is 293 g/mol. The molecule has 0 saturated carbocycles. The van der Waals surface area contributed by atoms with Crippen molar-refractivity contribution in [1.29, 1.82) is 0 Å². The van der Waals surface area contributed by atoms with E-state index in [1.165, 1.54) is 10.9 Å². The maximum Gasteiger partial charge on any atom is 0.259 e. The molecule has 1 fully saturated rings. The number of aryl methyl sites for hydroxylation is 1. The first-order valence-corrected chi connectivity index (χ1v) is 7.68. The lowest BCUT2D eigenvalue weighted by Crippen LogP contribution is -2.48. The monoisotopic (exact) mass is 292 g/mol. The summed E-state index contributed by atoms with van der Waals surface area (Å²) >= 11 is 5.87. The minimum absolute atomic E-state index is 0.0231. The predicted octanol–water partition coefficient (Wildman–Crippen LogP) is 0.350. The highest BCUT2D eigenvalue weighted by Gasteiger charge is 2.29. The lowest BCUT2D eigenvalue weighted by molar-refractivity contribution is 0.327. The summed E-state index contributed by atoms with van der Waals surface area (Å²) in [6, 6.07) is -0.0674. The molecule has 0 amide bonds. The van der Waals surface area contributed by atoms with Gasteiger partial charge < -0.3 is 5.32 Å². The summed E-state index contributed by atoms with van der Waals surface area (Å²) in [6.45, 7) is 3.65. The van der Waals surface area contributed by atoms with Crippen LogP contribution in [0.3, 0.4) is 0 Å². The van der Waals surface area contributed by atoms with Crippen molar-refractivity contribution in [3.8, 4) is 0 Å². The Morgan fingerprint density at radius 2 is 2.33 bits per heavy atom. The molecule has 0 bridgehead atoms. The molecule has 2 heterocycles. The molecular formula is C10H17ClN4O2S. The fourth-order valence-electron chi connectivity index (χ4n) is 2.15. The number of hydrogen-bond acceptors (Lipinski definition) is 4. The van der Waals surface area contributed by atoms with E-state index in [0.717, 1.165) is 19.5 Å². The number of aromatic nitrogens is 2. The lowest BCUT2D eigenvalue weighted by atomic mass is 9.97. The van der Waals surface area contributed by atoms with Crippen molar-refractivity contribution in [3.05, 3.63) is 11.2 Å². The van der Waals surface area contributed by atoms with Crippen LogP contribution in [-0.4, -0.2) is 37.3 Å². The zero-order chi connectivity index (χ0) is 13.3. The van der Waals surface area contributed by atoms with E-state index in [-0.39, 0.29) is 22.0 Å². The van der Waals surface area contributed by atoms with Gasteiger partial charge in [-0.25, -0.2) is 13.1 Å². The Hall–Kier alpha value is -0.630. The van der Waals surface area contributed by atoms with E-state index in [1.54, 1.807) is 7.05 Å². The molecule has 2 N–H and O–H groups in total. The summed E-state index contributed by atoms with van der Waals surface area (Å²) in [4.78, 5) is 0. The van der Waals surface area contributed by atoms with E-state index in [0.29, 0.717) is 0 Å². The molecule has 1 saturated heterocycles. The van der Waals surface area contributed by atoms with Gasteiger partial charge in [-0.3, -0.25) is 4.68 Å². The first-order chi connectivity index (χ1) is 8.42. The average Bonchev–Trinajstić information content (AvgIpc) is 2.62. The van der Waals surface area contributed by atoms with Crippen molar-refractivity contribution >= 4 is 21.6 Å². The predicted molar refractivity (Wildman–Crippen MR) is 69.0 cm³/mol. The maximum atomic E-state index is 12.3. The summed E-state index contributed by atoms with van der Waals surface area (Å²) in [5, 5.41) is 7.25. The van der Waals surface area contributed by atoms with Gasteiger partial charge in [0, 0.05) is 13.1 Å². The van der Waals surface area contributed by atoms with Crippen LogP contribution in [0.25, 0.3) is 0 Å². The molecule has 2 rings (SSSR count). The zero-order valence-electron chi connectivity index (χ0n) is 10.4. The molecule has 0 spiro atoms. The summed E-state index contributed by atoms with van der Waals surface area (Å²) < 4.78 is 28.5. The highest BCUT2D eigenvalue weighted by atomic mass is 35.5. The smallest absolute Gasteiger partial charge is 0.259 e. The Balaban J connectivity index is 2.22. The van der Waals surface area contributed by atoms with E-state index in [2.05, 4.69) is 15.1 Å². The van der Waals surface area contributed by atoms with E-state index in [9.17, 15) is 8.42 Å². The van der Waals surface area contributed by atoms with Crippen LogP contribution >= 0.6 is 11.6 Å². The third-order valence-corrected chi connectivity index (χ3v) is 5.18. The second kappa shape index (κ2) is 5.16. The van der Waals surface area contributed by atoms with Gasteiger partial charge in [-0.15, -0.1) is 0 Å². The number of piperidine rings is 1. The molecule has 0 radical (unpaired) electrons. The van der Waals surface area contributed by atoms with Gasteiger partial charge in [0.1, 0.15) is 0 Å². The number of hydrogen-bond donors (Lipinski definition) is 2. The standard InChI is InChI=1S/C10H17ClN4O2S/c1-7-5-12-4-3-9(7)14-18(16,17)10-8(11)6-13-15(10)2/h6-7,9,12,14H,3-5H2,1-2H3. The number of halogens is 1. The number of sulfonamides is 1. The van der Waals surface area contributed by atoms with Crippen molar-refractivity contribution in [2.75, 3.05) is 13.1 Å². The second-order valence-corrected chi connectivity index (χ2v) is 6.66. The molecule has 8 heteroatoms.